The van der Waals surface area contributed by atoms with Gasteiger partial charge in [0, 0.05) is 5.92 Å². The second kappa shape index (κ2) is 2.99. The summed E-state index contributed by atoms with van der Waals surface area (Å²) in [7, 11) is 0. The number of rotatable bonds is 1. The number of halogens is 1. The molecule has 4 heteroatoms. The largest absolute Gasteiger partial charge is 0.380 e. The number of hydrogen-bond acceptors (Lipinski definition) is 3. The fourth-order valence-corrected chi connectivity index (χ4v) is 3.30. The lowest BCUT2D eigenvalue weighted by Gasteiger charge is -2.04. The Morgan fingerprint density at radius 1 is 1.29 bits per heavy atom. The van der Waals surface area contributed by atoms with Crippen LogP contribution in [0.2, 0.25) is 0 Å². The molecule has 0 aliphatic heterocycles. The zero-order valence-corrected chi connectivity index (χ0v) is 9.46. The van der Waals surface area contributed by atoms with E-state index in [1.807, 2.05) is 0 Å². The average molecular weight is 257 g/mol. The van der Waals surface area contributed by atoms with E-state index in [1.165, 1.54) is 25.7 Å². The third-order valence-corrected chi connectivity index (χ3v) is 4.44. The lowest BCUT2D eigenvalue weighted by Crippen LogP contribution is -1.91. The minimum absolute atomic E-state index is 0.489. The van der Waals surface area contributed by atoms with Gasteiger partial charge in [0.2, 0.25) is 0 Å². The molecule has 0 amide bonds. The topological polar surface area (TPSA) is 52.0 Å². The molecule has 1 aromatic rings. The minimum Gasteiger partial charge on any atom is -0.380 e. The van der Waals surface area contributed by atoms with Gasteiger partial charge in [0.05, 0.1) is 0 Å². The first-order valence-electron chi connectivity index (χ1n) is 5.19. The van der Waals surface area contributed by atoms with E-state index in [9.17, 15) is 0 Å². The first-order valence-corrected chi connectivity index (χ1v) is 5.99. The van der Waals surface area contributed by atoms with Crippen LogP contribution in [-0.4, -0.2) is 5.16 Å². The van der Waals surface area contributed by atoms with Crippen molar-refractivity contribution in [3.05, 3.63) is 10.2 Å². The number of hydrogen-bond donors (Lipinski definition) is 1. The van der Waals surface area contributed by atoms with Crippen molar-refractivity contribution in [2.45, 2.75) is 31.6 Å². The number of nitrogen functional groups attached to an aromatic ring is 1. The van der Waals surface area contributed by atoms with Gasteiger partial charge in [-0.25, -0.2) is 0 Å². The summed E-state index contributed by atoms with van der Waals surface area (Å²) in [5.41, 5.74) is 5.64. The van der Waals surface area contributed by atoms with Gasteiger partial charge in [-0.05, 0) is 40.6 Å². The van der Waals surface area contributed by atoms with Gasteiger partial charge in [-0.15, -0.1) is 0 Å². The SMILES string of the molecule is Nc1noc(C2C3CCCCC32)c1Br. The Labute approximate surface area is 91.1 Å². The van der Waals surface area contributed by atoms with E-state index in [4.69, 9.17) is 10.3 Å². The van der Waals surface area contributed by atoms with Gasteiger partial charge in [-0.1, -0.05) is 18.0 Å². The lowest BCUT2D eigenvalue weighted by atomic mass is 10.0. The van der Waals surface area contributed by atoms with Crippen molar-refractivity contribution in [3.8, 4) is 0 Å². The van der Waals surface area contributed by atoms with Crippen molar-refractivity contribution in [1.29, 1.82) is 0 Å². The highest BCUT2D eigenvalue weighted by molar-refractivity contribution is 9.10. The summed E-state index contributed by atoms with van der Waals surface area (Å²) in [6.45, 7) is 0. The van der Waals surface area contributed by atoms with Crippen molar-refractivity contribution in [3.63, 3.8) is 0 Å². The van der Waals surface area contributed by atoms with Crippen molar-refractivity contribution in [1.82, 2.24) is 5.16 Å². The summed E-state index contributed by atoms with van der Waals surface area (Å²) in [6, 6.07) is 0. The molecular formula is C10H13BrN2O. The fraction of sp³-hybridized carbons (Fsp3) is 0.700. The Morgan fingerprint density at radius 3 is 2.43 bits per heavy atom. The van der Waals surface area contributed by atoms with Crippen LogP contribution in [0.4, 0.5) is 5.82 Å². The summed E-state index contributed by atoms with van der Waals surface area (Å²) in [6.07, 6.45) is 5.45. The maximum Gasteiger partial charge on any atom is 0.181 e. The van der Waals surface area contributed by atoms with Crippen LogP contribution < -0.4 is 5.73 Å². The van der Waals surface area contributed by atoms with Gasteiger partial charge in [0.15, 0.2) is 11.6 Å². The molecule has 2 N–H and O–H groups in total. The van der Waals surface area contributed by atoms with Crippen LogP contribution in [0.15, 0.2) is 9.00 Å². The molecule has 2 atom stereocenters. The molecule has 2 fully saturated rings. The van der Waals surface area contributed by atoms with Gasteiger partial charge in [0.1, 0.15) is 4.47 Å². The van der Waals surface area contributed by atoms with E-state index in [-0.39, 0.29) is 0 Å². The van der Waals surface area contributed by atoms with Crippen molar-refractivity contribution >= 4 is 21.7 Å². The number of fused-ring (bicyclic) bond motifs is 1. The molecule has 2 saturated carbocycles. The highest BCUT2D eigenvalue weighted by Crippen LogP contribution is 2.62. The molecule has 0 radical (unpaired) electrons. The smallest absolute Gasteiger partial charge is 0.181 e. The van der Waals surface area contributed by atoms with Gasteiger partial charge in [-0.3, -0.25) is 0 Å². The molecule has 76 valence electrons. The molecule has 0 saturated heterocycles. The summed E-state index contributed by atoms with van der Waals surface area (Å²) >= 11 is 3.44. The molecule has 2 unspecified atom stereocenters. The molecule has 3 rings (SSSR count). The Hall–Kier alpha value is -0.510. The molecule has 2 aliphatic carbocycles. The zero-order valence-electron chi connectivity index (χ0n) is 7.87. The van der Waals surface area contributed by atoms with Crippen LogP contribution in [0, 0.1) is 11.8 Å². The van der Waals surface area contributed by atoms with Gasteiger partial charge in [-0.2, -0.15) is 0 Å². The molecule has 0 aromatic carbocycles. The first kappa shape index (κ1) is 8.77. The maximum atomic E-state index is 5.64. The molecule has 2 aliphatic rings. The van der Waals surface area contributed by atoms with Gasteiger partial charge >= 0.3 is 0 Å². The van der Waals surface area contributed by atoms with E-state index in [0.717, 1.165) is 22.1 Å². The molecule has 0 bridgehead atoms. The van der Waals surface area contributed by atoms with Crippen molar-refractivity contribution in [2.75, 3.05) is 5.73 Å². The molecular weight excluding hydrogens is 244 g/mol. The predicted molar refractivity (Wildman–Crippen MR) is 56.8 cm³/mol. The fourth-order valence-electron chi connectivity index (χ4n) is 2.89. The Morgan fingerprint density at radius 2 is 1.93 bits per heavy atom. The van der Waals surface area contributed by atoms with E-state index in [1.54, 1.807) is 0 Å². The number of nitrogens with two attached hydrogens (primary N) is 1. The number of anilines is 1. The van der Waals surface area contributed by atoms with Crippen molar-refractivity contribution < 1.29 is 4.52 Å². The van der Waals surface area contributed by atoms with E-state index < -0.39 is 0 Å². The van der Waals surface area contributed by atoms with Crippen LogP contribution >= 0.6 is 15.9 Å². The van der Waals surface area contributed by atoms with Gasteiger partial charge in [0.25, 0.3) is 0 Å². The Kier molecular flexibility index (Phi) is 1.87. The third-order valence-electron chi connectivity index (χ3n) is 3.64. The van der Waals surface area contributed by atoms with E-state index >= 15 is 0 Å². The molecule has 14 heavy (non-hydrogen) atoms. The van der Waals surface area contributed by atoms with E-state index in [2.05, 4.69) is 21.1 Å². The van der Waals surface area contributed by atoms with Crippen LogP contribution in [0.5, 0.6) is 0 Å². The van der Waals surface area contributed by atoms with E-state index in [0.29, 0.717) is 11.7 Å². The van der Waals surface area contributed by atoms with Crippen molar-refractivity contribution in [2.24, 2.45) is 11.8 Å². The molecule has 1 aromatic heterocycles. The quantitative estimate of drug-likeness (QED) is 0.841. The predicted octanol–water partition coefficient (Wildman–Crippen LogP) is 2.92. The standard InChI is InChI=1S/C10H13BrN2O/c11-8-9(14-13-10(8)12)7-5-3-1-2-4-6(5)7/h5-7H,1-4H2,(H2,12,13). The van der Waals surface area contributed by atoms with Crippen LogP contribution in [0.1, 0.15) is 37.4 Å². The molecule has 1 heterocycles. The van der Waals surface area contributed by atoms with Crippen LogP contribution in [0.25, 0.3) is 0 Å². The molecule has 3 nitrogen and oxygen atoms in total. The minimum atomic E-state index is 0.489. The van der Waals surface area contributed by atoms with Crippen LogP contribution in [-0.2, 0) is 0 Å². The highest BCUT2D eigenvalue weighted by Gasteiger charge is 2.54. The van der Waals surface area contributed by atoms with Crippen LogP contribution in [0.3, 0.4) is 0 Å². The average Bonchev–Trinajstić information content (AvgIpc) is 2.84. The second-order valence-electron chi connectivity index (χ2n) is 4.38. The number of nitrogens with zero attached hydrogens (tertiary/aromatic N) is 1. The monoisotopic (exact) mass is 256 g/mol. The summed E-state index contributed by atoms with van der Waals surface area (Å²) < 4.78 is 6.18. The van der Waals surface area contributed by atoms with Gasteiger partial charge < -0.3 is 10.3 Å². The second-order valence-corrected chi connectivity index (χ2v) is 5.18. The first-order chi connectivity index (χ1) is 6.79. The maximum absolute atomic E-state index is 5.64. The normalized spacial score (nSPS) is 35.4. The summed E-state index contributed by atoms with van der Waals surface area (Å²) in [5.74, 6) is 3.75. The molecule has 0 spiro atoms. The summed E-state index contributed by atoms with van der Waals surface area (Å²) in [4.78, 5) is 0. The Bertz CT molecular complexity index is 351. The zero-order chi connectivity index (χ0) is 9.71. The highest BCUT2D eigenvalue weighted by atomic mass is 79.9. The third kappa shape index (κ3) is 1.13. The number of aromatic nitrogens is 1. The Balaban J connectivity index is 1.87. The summed E-state index contributed by atoms with van der Waals surface area (Å²) in [5, 5.41) is 3.79. The lowest BCUT2D eigenvalue weighted by molar-refractivity contribution is 0.379.